The Hall–Kier alpha value is -0.730. The van der Waals surface area contributed by atoms with Crippen LogP contribution in [0.1, 0.15) is 12.5 Å². The number of nitrogens with two attached hydrogens (primary N) is 1. The molecule has 0 saturated carbocycles. The first-order chi connectivity index (χ1) is 6.31. The fraction of sp³-hybridized carbons (Fsp3) is 0.273. The van der Waals surface area contributed by atoms with E-state index in [-0.39, 0.29) is 10.9 Å². The summed E-state index contributed by atoms with van der Waals surface area (Å²) >= 11 is 0. The lowest BCUT2D eigenvalue weighted by molar-refractivity contribution is 1.07. The van der Waals surface area contributed by atoms with Crippen molar-refractivity contribution in [3.63, 3.8) is 0 Å². The second-order valence-corrected chi connectivity index (χ2v) is 5.29. The molecule has 0 aliphatic rings. The summed E-state index contributed by atoms with van der Waals surface area (Å²) in [4.78, 5) is 1.39. The molecule has 13 heavy (non-hydrogen) atoms. The first kappa shape index (κ1) is 10.4. The molecular formula is C11H17NS. The molecule has 1 nitrogen and oxygen atoms in total. The molecule has 0 fully saturated rings. The molecule has 2 heteroatoms. The van der Waals surface area contributed by atoms with Crippen LogP contribution in [-0.2, 0) is 6.54 Å². The molecular weight excluding hydrogens is 178 g/mol. The standard InChI is InChI=1S/C11H17NS/c1-3-13(4-2)11-7-5-10(9-12)6-8-11/h3,5-8,13H,1,4,9,12H2,2H3. The van der Waals surface area contributed by atoms with Gasteiger partial charge in [0.05, 0.1) is 0 Å². The van der Waals surface area contributed by atoms with Crippen LogP contribution in [-0.4, -0.2) is 5.75 Å². The first-order valence-corrected chi connectivity index (χ1v) is 6.09. The van der Waals surface area contributed by atoms with Crippen LogP contribution >= 0.6 is 10.9 Å². The minimum Gasteiger partial charge on any atom is -0.326 e. The Morgan fingerprint density at radius 1 is 1.38 bits per heavy atom. The van der Waals surface area contributed by atoms with E-state index in [0.29, 0.717) is 6.54 Å². The Labute approximate surface area is 83.0 Å². The van der Waals surface area contributed by atoms with E-state index in [0.717, 1.165) is 0 Å². The van der Waals surface area contributed by atoms with Gasteiger partial charge in [0.25, 0.3) is 0 Å². The predicted molar refractivity (Wildman–Crippen MR) is 62.3 cm³/mol. The van der Waals surface area contributed by atoms with Crippen LogP contribution in [0.4, 0.5) is 0 Å². The Morgan fingerprint density at radius 3 is 2.38 bits per heavy atom. The van der Waals surface area contributed by atoms with Gasteiger partial charge >= 0.3 is 0 Å². The molecule has 0 bridgehead atoms. The van der Waals surface area contributed by atoms with Crippen molar-refractivity contribution in [2.75, 3.05) is 5.75 Å². The lowest BCUT2D eigenvalue weighted by Crippen LogP contribution is -1.95. The van der Waals surface area contributed by atoms with Gasteiger partial charge in [0.1, 0.15) is 0 Å². The van der Waals surface area contributed by atoms with Gasteiger partial charge in [0.2, 0.25) is 0 Å². The molecule has 0 heterocycles. The van der Waals surface area contributed by atoms with Gasteiger partial charge in [-0.3, -0.25) is 0 Å². The highest BCUT2D eigenvalue weighted by molar-refractivity contribution is 8.19. The highest BCUT2D eigenvalue weighted by atomic mass is 32.2. The van der Waals surface area contributed by atoms with Crippen LogP contribution < -0.4 is 5.73 Å². The van der Waals surface area contributed by atoms with Crippen molar-refractivity contribution in [1.82, 2.24) is 0 Å². The predicted octanol–water partition coefficient (Wildman–Crippen LogP) is 2.67. The maximum atomic E-state index is 5.53. The quantitative estimate of drug-likeness (QED) is 0.710. The molecule has 0 radical (unpaired) electrons. The summed E-state index contributed by atoms with van der Waals surface area (Å²) in [6, 6.07) is 8.53. The number of thiol groups is 1. The van der Waals surface area contributed by atoms with Crippen LogP contribution in [0.3, 0.4) is 0 Å². The van der Waals surface area contributed by atoms with E-state index in [1.54, 1.807) is 0 Å². The number of rotatable bonds is 4. The fourth-order valence-corrected chi connectivity index (χ4v) is 2.61. The Kier molecular flexibility index (Phi) is 4.06. The molecule has 1 aromatic rings. The van der Waals surface area contributed by atoms with Crippen LogP contribution in [0.25, 0.3) is 0 Å². The van der Waals surface area contributed by atoms with Gasteiger partial charge in [0, 0.05) is 6.54 Å². The minimum absolute atomic E-state index is 0.146. The maximum Gasteiger partial charge on any atom is 0.0178 e. The summed E-state index contributed by atoms with van der Waals surface area (Å²) in [5.74, 6) is 1.17. The Balaban J connectivity index is 2.83. The van der Waals surface area contributed by atoms with Crippen molar-refractivity contribution in [3.05, 3.63) is 41.8 Å². The smallest absolute Gasteiger partial charge is 0.0178 e. The molecule has 72 valence electrons. The summed E-state index contributed by atoms with van der Waals surface area (Å²) < 4.78 is 0. The molecule has 0 aromatic heterocycles. The largest absolute Gasteiger partial charge is 0.326 e. The van der Waals surface area contributed by atoms with E-state index in [2.05, 4.69) is 43.2 Å². The second-order valence-electron chi connectivity index (χ2n) is 2.84. The van der Waals surface area contributed by atoms with E-state index in [9.17, 15) is 0 Å². The highest BCUT2D eigenvalue weighted by Crippen LogP contribution is 2.36. The maximum absolute atomic E-state index is 5.53. The van der Waals surface area contributed by atoms with E-state index in [1.807, 2.05) is 0 Å². The zero-order valence-corrected chi connectivity index (χ0v) is 8.93. The molecule has 1 atom stereocenters. The molecule has 0 aliphatic carbocycles. The van der Waals surface area contributed by atoms with E-state index in [4.69, 9.17) is 5.73 Å². The van der Waals surface area contributed by atoms with Crippen molar-refractivity contribution in [2.24, 2.45) is 5.73 Å². The molecule has 1 unspecified atom stereocenters. The zero-order chi connectivity index (χ0) is 9.68. The summed E-state index contributed by atoms with van der Waals surface area (Å²) in [6.45, 7) is 6.68. The molecule has 0 amide bonds. The van der Waals surface area contributed by atoms with Crippen LogP contribution in [0.5, 0.6) is 0 Å². The van der Waals surface area contributed by atoms with Gasteiger partial charge in [0.15, 0.2) is 0 Å². The number of benzene rings is 1. The SMILES string of the molecule is C=C[SH](CC)c1ccc(CN)cc1. The lowest BCUT2D eigenvalue weighted by Gasteiger charge is -2.14. The van der Waals surface area contributed by atoms with Gasteiger partial charge in [-0.1, -0.05) is 31.0 Å². The van der Waals surface area contributed by atoms with Crippen molar-refractivity contribution in [1.29, 1.82) is 0 Å². The molecule has 2 N–H and O–H groups in total. The van der Waals surface area contributed by atoms with Crippen LogP contribution in [0.2, 0.25) is 0 Å². The number of hydrogen-bond donors (Lipinski definition) is 2. The molecule has 0 saturated heterocycles. The van der Waals surface area contributed by atoms with Gasteiger partial charge in [-0.15, -0.1) is 0 Å². The summed E-state index contributed by atoms with van der Waals surface area (Å²) in [6.07, 6.45) is 0. The molecule has 1 aromatic carbocycles. The summed E-state index contributed by atoms with van der Waals surface area (Å²) in [5, 5.41) is 2.06. The third-order valence-electron chi connectivity index (χ3n) is 2.06. The molecule has 0 aliphatic heterocycles. The lowest BCUT2D eigenvalue weighted by atomic mass is 10.2. The number of hydrogen-bond acceptors (Lipinski definition) is 1. The van der Waals surface area contributed by atoms with Gasteiger partial charge in [-0.25, -0.2) is 10.9 Å². The van der Waals surface area contributed by atoms with E-state index >= 15 is 0 Å². The summed E-state index contributed by atoms with van der Waals surface area (Å²) in [7, 11) is -0.146. The van der Waals surface area contributed by atoms with Gasteiger partial charge < -0.3 is 5.73 Å². The van der Waals surface area contributed by atoms with Gasteiger partial charge in [-0.2, -0.15) is 0 Å². The fourth-order valence-electron chi connectivity index (χ4n) is 1.24. The second kappa shape index (κ2) is 5.10. The van der Waals surface area contributed by atoms with Crippen molar-refractivity contribution >= 4 is 10.9 Å². The third kappa shape index (κ3) is 2.61. The van der Waals surface area contributed by atoms with Crippen molar-refractivity contribution < 1.29 is 0 Å². The van der Waals surface area contributed by atoms with Crippen molar-refractivity contribution in [2.45, 2.75) is 18.4 Å². The normalized spacial score (nSPS) is 13.8. The summed E-state index contributed by atoms with van der Waals surface area (Å²) in [5.41, 5.74) is 6.72. The first-order valence-electron chi connectivity index (χ1n) is 4.50. The minimum atomic E-state index is -0.146. The monoisotopic (exact) mass is 195 g/mol. The highest BCUT2D eigenvalue weighted by Gasteiger charge is 1.99. The van der Waals surface area contributed by atoms with Crippen LogP contribution in [0, 0.1) is 0 Å². The average molecular weight is 195 g/mol. The molecule has 1 rings (SSSR count). The van der Waals surface area contributed by atoms with E-state index < -0.39 is 0 Å². The average Bonchev–Trinajstić information content (AvgIpc) is 2.21. The topological polar surface area (TPSA) is 26.0 Å². The van der Waals surface area contributed by atoms with Gasteiger partial charge in [-0.05, 0) is 28.3 Å². The molecule has 0 spiro atoms. The zero-order valence-electron chi connectivity index (χ0n) is 8.03. The van der Waals surface area contributed by atoms with E-state index in [1.165, 1.54) is 16.2 Å². The Morgan fingerprint density at radius 2 is 2.00 bits per heavy atom. The van der Waals surface area contributed by atoms with Crippen LogP contribution in [0.15, 0.2) is 41.1 Å². The third-order valence-corrected chi connectivity index (χ3v) is 4.15. The van der Waals surface area contributed by atoms with Crippen molar-refractivity contribution in [3.8, 4) is 0 Å². The Bertz CT molecular complexity index is 266.